The second-order valence-electron chi connectivity index (χ2n) is 7.53. The van der Waals surface area contributed by atoms with Gasteiger partial charge in [0, 0.05) is 21.8 Å². The minimum absolute atomic E-state index is 0.504. The number of fused-ring (bicyclic) bond motifs is 2. The summed E-state index contributed by atoms with van der Waals surface area (Å²) in [6.07, 6.45) is 1.80. The van der Waals surface area contributed by atoms with Crippen LogP contribution in [0.15, 0.2) is 84.4 Å². The van der Waals surface area contributed by atoms with E-state index in [1.807, 2.05) is 66.0 Å². The third-order valence-corrected chi connectivity index (χ3v) is 6.33. The molecule has 6 aromatic rings. The Kier molecular flexibility index (Phi) is 5.21. The van der Waals surface area contributed by atoms with Crippen LogP contribution in [0.2, 0.25) is 5.02 Å². The van der Waals surface area contributed by atoms with Gasteiger partial charge in [-0.3, -0.25) is 5.10 Å². The van der Waals surface area contributed by atoms with Crippen molar-refractivity contribution < 1.29 is 4.74 Å². The number of aromatic amines is 1. The summed E-state index contributed by atoms with van der Waals surface area (Å²) in [4.78, 5) is 9.40. The maximum Gasteiger partial charge on any atom is 0.229 e. The van der Waals surface area contributed by atoms with Crippen LogP contribution < -0.4 is 15.4 Å². The molecule has 3 heterocycles. The number of thiophene rings is 1. The van der Waals surface area contributed by atoms with Crippen molar-refractivity contribution >= 4 is 67.2 Å². The Morgan fingerprint density at radius 2 is 1.59 bits per heavy atom. The predicted molar refractivity (Wildman–Crippen MR) is 138 cm³/mol. The van der Waals surface area contributed by atoms with Crippen LogP contribution in [0.4, 0.5) is 23.1 Å². The molecule has 0 amide bonds. The molecule has 3 aromatic heterocycles. The average Bonchev–Trinajstić information content (AvgIpc) is 3.51. The van der Waals surface area contributed by atoms with Crippen molar-refractivity contribution in [2.45, 2.75) is 0 Å². The Morgan fingerprint density at radius 3 is 2.41 bits per heavy atom. The second kappa shape index (κ2) is 8.66. The molecular weight excluding hydrogens is 468 g/mol. The number of H-pyrrole nitrogens is 1. The van der Waals surface area contributed by atoms with Crippen molar-refractivity contribution in [3.8, 4) is 11.5 Å². The van der Waals surface area contributed by atoms with Crippen molar-refractivity contribution in [2.24, 2.45) is 0 Å². The zero-order valence-electron chi connectivity index (χ0n) is 17.6. The van der Waals surface area contributed by atoms with Crippen molar-refractivity contribution in [1.29, 1.82) is 0 Å². The lowest BCUT2D eigenvalue weighted by molar-refractivity contribution is 0.483. The van der Waals surface area contributed by atoms with Crippen LogP contribution in [0.1, 0.15) is 0 Å². The molecule has 0 aliphatic heterocycles. The Morgan fingerprint density at radius 1 is 0.824 bits per heavy atom. The largest absolute Gasteiger partial charge is 0.457 e. The molecule has 0 aliphatic carbocycles. The molecule has 9 heteroatoms. The Hall–Kier alpha value is -4.14. The zero-order chi connectivity index (χ0) is 22.9. The maximum atomic E-state index is 5.93. The minimum Gasteiger partial charge on any atom is -0.457 e. The van der Waals surface area contributed by atoms with Gasteiger partial charge < -0.3 is 15.4 Å². The molecule has 0 unspecified atom stereocenters. The summed E-state index contributed by atoms with van der Waals surface area (Å²) >= 11 is 7.53. The molecule has 7 nitrogen and oxygen atoms in total. The first-order valence-corrected chi connectivity index (χ1v) is 11.7. The number of nitrogens with one attached hydrogen (secondary N) is 3. The summed E-state index contributed by atoms with van der Waals surface area (Å²) in [5.41, 5.74) is 3.64. The van der Waals surface area contributed by atoms with Gasteiger partial charge in [0.25, 0.3) is 0 Å². The standard InChI is InChI=1S/C25H17ClN6OS/c26-16-1-6-19(7-2-16)33-20-8-3-17(4-9-20)29-25-30-22-11-12-34-23(22)24(31-25)28-18-5-10-21-15(13-18)14-27-32-21/h1-14H,(H,27,32)(H2,28,29,30,31). The highest BCUT2D eigenvalue weighted by atomic mass is 35.5. The molecule has 0 spiro atoms. The van der Waals surface area contributed by atoms with Gasteiger partial charge in [-0.15, -0.1) is 11.3 Å². The number of rotatable bonds is 6. The molecule has 0 aliphatic rings. The van der Waals surface area contributed by atoms with Crippen LogP contribution in [0, 0.1) is 0 Å². The van der Waals surface area contributed by atoms with Gasteiger partial charge in [0.15, 0.2) is 5.82 Å². The van der Waals surface area contributed by atoms with Crippen LogP contribution in [0.25, 0.3) is 21.1 Å². The second-order valence-corrected chi connectivity index (χ2v) is 8.89. The van der Waals surface area contributed by atoms with Gasteiger partial charge >= 0.3 is 0 Å². The van der Waals surface area contributed by atoms with Crippen molar-refractivity contribution in [1.82, 2.24) is 20.2 Å². The Balaban J connectivity index is 1.23. The van der Waals surface area contributed by atoms with Gasteiger partial charge in [-0.2, -0.15) is 10.1 Å². The monoisotopic (exact) mass is 484 g/mol. The van der Waals surface area contributed by atoms with Crippen molar-refractivity contribution in [3.63, 3.8) is 0 Å². The third-order valence-electron chi connectivity index (χ3n) is 5.17. The molecule has 0 fully saturated rings. The van der Waals surface area contributed by atoms with Gasteiger partial charge in [0.05, 0.1) is 21.9 Å². The number of halogens is 1. The van der Waals surface area contributed by atoms with E-state index in [1.54, 1.807) is 29.7 Å². The first-order valence-electron chi connectivity index (χ1n) is 10.5. The lowest BCUT2D eigenvalue weighted by atomic mass is 10.2. The smallest absolute Gasteiger partial charge is 0.229 e. The van der Waals surface area contributed by atoms with Crippen LogP contribution in [0.5, 0.6) is 11.5 Å². The number of hydrogen-bond acceptors (Lipinski definition) is 7. The van der Waals surface area contributed by atoms with E-state index in [0.29, 0.717) is 11.0 Å². The highest BCUT2D eigenvalue weighted by Crippen LogP contribution is 2.31. The molecule has 34 heavy (non-hydrogen) atoms. The fourth-order valence-corrected chi connectivity index (χ4v) is 4.44. The predicted octanol–water partition coefficient (Wildman–Crippen LogP) is 7.50. The molecule has 166 valence electrons. The van der Waals surface area contributed by atoms with E-state index in [9.17, 15) is 0 Å². The first kappa shape index (κ1) is 20.5. The van der Waals surface area contributed by atoms with Gasteiger partial charge in [0.2, 0.25) is 5.95 Å². The van der Waals surface area contributed by atoms with E-state index in [0.717, 1.165) is 49.8 Å². The van der Waals surface area contributed by atoms with E-state index < -0.39 is 0 Å². The average molecular weight is 485 g/mol. The van der Waals surface area contributed by atoms with Crippen LogP contribution >= 0.6 is 22.9 Å². The van der Waals surface area contributed by atoms with E-state index >= 15 is 0 Å². The highest BCUT2D eigenvalue weighted by molar-refractivity contribution is 7.17. The quantitative estimate of drug-likeness (QED) is 0.227. The Bertz CT molecular complexity index is 1590. The molecule has 3 aromatic carbocycles. The number of nitrogens with zero attached hydrogens (tertiary/aromatic N) is 3. The van der Waals surface area contributed by atoms with Crippen molar-refractivity contribution in [3.05, 3.63) is 89.4 Å². The lowest BCUT2D eigenvalue weighted by Gasteiger charge is -2.11. The molecule has 0 radical (unpaired) electrons. The summed E-state index contributed by atoms with van der Waals surface area (Å²) in [7, 11) is 0. The van der Waals surface area contributed by atoms with E-state index in [2.05, 4.69) is 25.8 Å². The minimum atomic E-state index is 0.504. The number of hydrogen-bond donors (Lipinski definition) is 3. The third kappa shape index (κ3) is 4.24. The number of ether oxygens (including phenoxy) is 1. The van der Waals surface area contributed by atoms with E-state index in [-0.39, 0.29) is 0 Å². The molecular formula is C25H17ClN6OS. The summed E-state index contributed by atoms with van der Waals surface area (Å²) in [6.45, 7) is 0. The van der Waals surface area contributed by atoms with Gasteiger partial charge in [-0.25, -0.2) is 4.98 Å². The number of aromatic nitrogens is 4. The van der Waals surface area contributed by atoms with E-state index in [4.69, 9.17) is 21.3 Å². The number of benzene rings is 3. The molecule has 0 bridgehead atoms. The molecule has 0 atom stereocenters. The lowest BCUT2D eigenvalue weighted by Crippen LogP contribution is -2.01. The summed E-state index contributed by atoms with van der Waals surface area (Å²) < 4.78 is 6.85. The van der Waals surface area contributed by atoms with Crippen LogP contribution in [-0.2, 0) is 0 Å². The van der Waals surface area contributed by atoms with Crippen molar-refractivity contribution in [2.75, 3.05) is 10.6 Å². The van der Waals surface area contributed by atoms with Crippen LogP contribution in [-0.4, -0.2) is 20.2 Å². The topological polar surface area (TPSA) is 87.8 Å². The molecule has 0 saturated carbocycles. The fraction of sp³-hybridized carbons (Fsp3) is 0. The van der Waals surface area contributed by atoms with Gasteiger partial charge in [-0.1, -0.05) is 11.6 Å². The fourth-order valence-electron chi connectivity index (χ4n) is 3.54. The van der Waals surface area contributed by atoms with E-state index in [1.165, 1.54) is 0 Å². The van der Waals surface area contributed by atoms with Gasteiger partial charge in [-0.05, 0) is 78.2 Å². The normalized spacial score (nSPS) is 11.1. The summed E-state index contributed by atoms with van der Waals surface area (Å²) in [6, 6.07) is 22.9. The maximum absolute atomic E-state index is 5.93. The molecule has 3 N–H and O–H groups in total. The summed E-state index contributed by atoms with van der Waals surface area (Å²) in [5.74, 6) is 2.69. The molecule has 6 rings (SSSR count). The first-order chi connectivity index (χ1) is 16.7. The zero-order valence-corrected chi connectivity index (χ0v) is 19.2. The van der Waals surface area contributed by atoms with Crippen LogP contribution in [0.3, 0.4) is 0 Å². The highest BCUT2D eigenvalue weighted by Gasteiger charge is 2.11. The molecule has 0 saturated heterocycles. The number of anilines is 4. The van der Waals surface area contributed by atoms with Gasteiger partial charge in [0.1, 0.15) is 11.5 Å². The summed E-state index contributed by atoms with van der Waals surface area (Å²) in [5, 5.41) is 17.5. The Labute approximate surface area is 203 Å². The SMILES string of the molecule is Clc1ccc(Oc2ccc(Nc3nc(Nc4ccc5[nH]ncc5c4)c4sccc4n3)cc2)cc1.